The van der Waals surface area contributed by atoms with Crippen LogP contribution in [0, 0.1) is 23.1 Å². The van der Waals surface area contributed by atoms with E-state index in [0.29, 0.717) is 28.9 Å². The molecular weight excluding hydrogens is 411 g/mol. The van der Waals surface area contributed by atoms with Crippen molar-refractivity contribution >= 4 is 23.5 Å². The van der Waals surface area contributed by atoms with Crippen LogP contribution in [0.25, 0.3) is 11.3 Å². The first-order valence-electron chi connectivity index (χ1n) is 9.17. The van der Waals surface area contributed by atoms with E-state index in [4.69, 9.17) is 4.74 Å². The van der Waals surface area contributed by atoms with E-state index < -0.39 is 11.2 Å². The zero-order valence-electron chi connectivity index (χ0n) is 16.9. The fourth-order valence-electron chi connectivity index (χ4n) is 3.14. The van der Waals surface area contributed by atoms with Gasteiger partial charge in [0.15, 0.2) is 5.16 Å². The van der Waals surface area contributed by atoms with Gasteiger partial charge in [-0.25, -0.2) is 9.37 Å². The monoisotopic (exact) mass is 434 g/mol. The molecule has 1 aliphatic rings. The molecule has 29 heavy (non-hydrogen) atoms. The summed E-state index contributed by atoms with van der Waals surface area (Å²) >= 11 is 3.15. The van der Waals surface area contributed by atoms with E-state index in [2.05, 4.69) is 9.97 Å². The van der Waals surface area contributed by atoms with Crippen LogP contribution in [-0.2, 0) is 16.7 Å². The summed E-state index contributed by atoms with van der Waals surface area (Å²) in [6.45, 7) is 6.14. The third-order valence-electron chi connectivity index (χ3n) is 4.51. The highest BCUT2D eigenvalue weighted by Crippen LogP contribution is 2.31. The lowest BCUT2D eigenvalue weighted by Crippen LogP contribution is -2.34. The highest BCUT2D eigenvalue weighted by atomic mass is 32.2. The molecule has 0 radical (unpaired) electrons. The van der Waals surface area contributed by atoms with Gasteiger partial charge in [-0.1, -0.05) is 32.5 Å². The minimum Gasteiger partial charge on any atom is -0.374 e. The molecule has 154 valence electrons. The molecule has 0 aromatic carbocycles. The van der Waals surface area contributed by atoms with Crippen LogP contribution in [-0.4, -0.2) is 39.1 Å². The smallest absolute Gasteiger partial charge is 0.272 e. The Morgan fingerprint density at radius 2 is 2.24 bits per heavy atom. The second kappa shape index (κ2) is 8.86. The van der Waals surface area contributed by atoms with Gasteiger partial charge in [0, 0.05) is 42.3 Å². The van der Waals surface area contributed by atoms with Crippen molar-refractivity contribution < 1.29 is 9.13 Å². The predicted octanol–water partition coefficient (Wildman–Crippen LogP) is 3.67. The number of pyridine rings is 1. The normalized spacial score (nSPS) is 16.3. The van der Waals surface area contributed by atoms with E-state index in [9.17, 15) is 14.4 Å². The molecule has 2 aromatic rings. The van der Waals surface area contributed by atoms with Crippen LogP contribution < -0.4 is 5.56 Å². The van der Waals surface area contributed by atoms with E-state index in [1.165, 1.54) is 24.0 Å². The molecule has 6 nitrogen and oxygen atoms in total. The second-order valence-electron chi connectivity index (χ2n) is 7.90. The van der Waals surface area contributed by atoms with Crippen molar-refractivity contribution in [1.29, 1.82) is 5.26 Å². The number of methoxy groups -OCH3 is 1. The zero-order chi connectivity index (χ0) is 21.2. The van der Waals surface area contributed by atoms with E-state index >= 15 is 0 Å². The number of hydrogen-bond donors (Lipinski definition) is 0. The quantitative estimate of drug-likeness (QED) is 0.403. The molecule has 1 unspecified atom stereocenters. The maximum Gasteiger partial charge on any atom is 0.272 e. The van der Waals surface area contributed by atoms with Crippen LogP contribution >= 0.6 is 23.5 Å². The van der Waals surface area contributed by atoms with Crippen molar-refractivity contribution in [3.8, 4) is 17.3 Å². The van der Waals surface area contributed by atoms with Crippen LogP contribution in [0.3, 0.4) is 0 Å². The van der Waals surface area contributed by atoms with Crippen LogP contribution in [0.5, 0.6) is 0 Å². The van der Waals surface area contributed by atoms with E-state index in [-0.39, 0.29) is 22.7 Å². The van der Waals surface area contributed by atoms with Gasteiger partial charge < -0.3 is 4.74 Å². The first-order valence-corrected chi connectivity index (χ1v) is 11.3. The number of hydrogen-bond acceptors (Lipinski definition) is 7. The van der Waals surface area contributed by atoms with Crippen LogP contribution in [0.1, 0.15) is 32.0 Å². The van der Waals surface area contributed by atoms with Crippen LogP contribution in [0.15, 0.2) is 22.2 Å². The number of rotatable bonds is 5. The molecule has 0 amide bonds. The van der Waals surface area contributed by atoms with Gasteiger partial charge in [0.1, 0.15) is 17.4 Å². The standard InChI is InChI=1S/C20H23FN4O2S2/c1-20(2,3)17-15(21)5-13(7-23-17)16-14(6-22)18(26)25-8-12(9-28-11-27-4)10-29-19(25)24-16/h5,7,12H,8-11H2,1-4H3. The molecule has 0 spiro atoms. The molecule has 3 rings (SSSR count). The summed E-state index contributed by atoms with van der Waals surface area (Å²) in [7, 11) is 1.65. The fraction of sp³-hybridized carbons (Fsp3) is 0.500. The van der Waals surface area contributed by atoms with Gasteiger partial charge in [-0.15, -0.1) is 11.8 Å². The van der Waals surface area contributed by atoms with Crippen molar-refractivity contribution in [2.24, 2.45) is 5.92 Å². The number of thioether (sulfide) groups is 2. The highest BCUT2D eigenvalue weighted by molar-refractivity contribution is 8.00. The van der Waals surface area contributed by atoms with Crippen molar-refractivity contribution in [3.05, 3.63) is 39.7 Å². The Balaban J connectivity index is 1.99. The first-order chi connectivity index (χ1) is 13.8. The number of ether oxygens (including phenoxy) is 1. The third kappa shape index (κ3) is 4.65. The van der Waals surface area contributed by atoms with Gasteiger partial charge in [-0.05, 0) is 12.0 Å². The summed E-state index contributed by atoms with van der Waals surface area (Å²) < 4.78 is 21.3. The van der Waals surface area contributed by atoms with Gasteiger partial charge in [-0.3, -0.25) is 14.3 Å². The van der Waals surface area contributed by atoms with Crippen molar-refractivity contribution in [2.75, 3.05) is 24.6 Å². The topological polar surface area (TPSA) is 80.8 Å². The fourth-order valence-corrected chi connectivity index (χ4v) is 5.18. The predicted molar refractivity (Wildman–Crippen MR) is 114 cm³/mol. The summed E-state index contributed by atoms with van der Waals surface area (Å²) in [5.74, 6) is 2.10. The van der Waals surface area contributed by atoms with Gasteiger partial charge in [0.25, 0.3) is 5.56 Å². The molecule has 2 aromatic heterocycles. The molecule has 1 aliphatic heterocycles. The van der Waals surface area contributed by atoms with Gasteiger partial charge >= 0.3 is 0 Å². The van der Waals surface area contributed by atoms with Gasteiger partial charge in [-0.2, -0.15) is 5.26 Å². The van der Waals surface area contributed by atoms with E-state index in [1.54, 1.807) is 23.4 Å². The number of nitrogens with zero attached hydrogens (tertiary/aromatic N) is 4. The minimum absolute atomic E-state index is 0.0794. The van der Waals surface area contributed by atoms with Gasteiger partial charge in [0.05, 0.1) is 17.3 Å². The molecule has 0 aliphatic carbocycles. The maximum atomic E-state index is 14.6. The highest BCUT2D eigenvalue weighted by Gasteiger charge is 2.26. The summed E-state index contributed by atoms with van der Waals surface area (Å²) in [4.78, 5) is 21.8. The lowest BCUT2D eigenvalue weighted by atomic mass is 9.90. The lowest BCUT2D eigenvalue weighted by molar-refractivity contribution is 0.258. The first kappa shape index (κ1) is 21.8. The summed E-state index contributed by atoms with van der Waals surface area (Å²) in [6.07, 6.45) is 1.49. The Bertz CT molecular complexity index is 1010. The Morgan fingerprint density at radius 1 is 1.48 bits per heavy atom. The molecule has 0 N–H and O–H groups in total. The van der Waals surface area contributed by atoms with Crippen molar-refractivity contribution in [2.45, 2.75) is 37.9 Å². The Kier molecular flexibility index (Phi) is 6.66. The molecule has 9 heteroatoms. The Labute approximate surface area is 177 Å². The molecular formula is C20H23FN4O2S2. The SMILES string of the molecule is COCSCC1CSc2nc(-c3cnc(C(C)(C)C)c(F)c3)c(C#N)c(=O)n2C1. The summed E-state index contributed by atoms with van der Waals surface area (Å²) in [6, 6.07) is 3.27. The minimum atomic E-state index is -0.471. The second-order valence-corrected chi connectivity index (χ2v) is 9.87. The Hall–Kier alpha value is -1.89. The van der Waals surface area contributed by atoms with E-state index in [0.717, 1.165) is 11.5 Å². The average Bonchev–Trinajstić information content (AvgIpc) is 2.67. The molecule has 0 bridgehead atoms. The summed E-state index contributed by atoms with van der Waals surface area (Å²) in [5.41, 5.74) is -0.0534. The van der Waals surface area contributed by atoms with Crippen LogP contribution in [0.4, 0.5) is 4.39 Å². The lowest BCUT2D eigenvalue weighted by Gasteiger charge is -2.25. The number of aromatic nitrogens is 3. The summed E-state index contributed by atoms with van der Waals surface area (Å²) in [5, 5.41) is 10.2. The molecule has 0 saturated heterocycles. The van der Waals surface area contributed by atoms with Crippen molar-refractivity contribution in [1.82, 2.24) is 14.5 Å². The molecule has 0 fully saturated rings. The van der Waals surface area contributed by atoms with Crippen LogP contribution in [0.2, 0.25) is 0 Å². The molecule has 1 atom stereocenters. The number of nitriles is 1. The largest absolute Gasteiger partial charge is 0.374 e. The molecule has 3 heterocycles. The zero-order valence-corrected chi connectivity index (χ0v) is 18.5. The number of fused-ring (bicyclic) bond motifs is 1. The van der Waals surface area contributed by atoms with Gasteiger partial charge in [0.2, 0.25) is 0 Å². The number of halogens is 1. The molecule has 0 saturated carbocycles. The van der Waals surface area contributed by atoms with Crippen molar-refractivity contribution in [3.63, 3.8) is 0 Å². The Morgan fingerprint density at radius 3 is 2.86 bits per heavy atom. The average molecular weight is 435 g/mol. The third-order valence-corrected chi connectivity index (χ3v) is 6.83. The maximum absolute atomic E-state index is 14.6. The van der Waals surface area contributed by atoms with E-state index in [1.807, 2.05) is 26.8 Å².